The molecule has 1 N–H and O–H groups in total. The van der Waals surface area contributed by atoms with Crippen LogP contribution in [0.3, 0.4) is 0 Å². The van der Waals surface area contributed by atoms with Gasteiger partial charge in [0.05, 0.1) is 28.2 Å². The second kappa shape index (κ2) is 12.7. The Kier molecular flexibility index (Phi) is 7.28. The first-order chi connectivity index (χ1) is 28.3. The monoisotopic (exact) mass is 747 g/mol. The van der Waals surface area contributed by atoms with Crippen molar-refractivity contribution in [2.24, 2.45) is 4.99 Å². The van der Waals surface area contributed by atoms with E-state index in [1.807, 2.05) is 11.3 Å². The van der Waals surface area contributed by atoms with Crippen LogP contribution < -0.4 is 5.32 Å². The van der Waals surface area contributed by atoms with Crippen molar-refractivity contribution in [1.82, 2.24) is 9.88 Å². The van der Waals surface area contributed by atoms with Crippen molar-refractivity contribution in [3.8, 4) is 22.3 Å². The second-order valence-electron chi connectivity index (χ2n) is 15.4. The van der Waals surface area contributed by atoms with Gasteiger partial charge in [0.15, 0.2) is 0 Å². The minimum absolute atomic E-state index is 0.233. The zero-order valence-corrected chi connectivity index (χ0v) is 32.0. The molecule has 12 rings (SSSR count). The molecule has 0 amide bonds. The van der Waals surface area contributed by atoms with Crippen LogP contribution in [0.4, 0.5) is 0 Å². The maximum absolute atomic E-state index is 5.52. The van der Waals surface area contributed by atoms with Crippen LogP contribution in [0.1, 0.15) is 27.8 Å². The normalized spacial score (nSPS) is 15.7. The number of rotatable bonds is 7. The van der Waals surface area contributed by atoms with Gasteiger partial charge in [0.1, 0.15) is 6.67 Å². The number of benzene rings is 8. The summed E-state index contributed by atoms with van der Waals surface area (Å²) in [7, 11) is 0. The third kappa shape index (κ3) is 4.91. The van der Waals surface area contributed by atoms with Crippen LogP contribution in [0.15, 0.2) is 193 Å². The molecule has 1 aliphatic carbocycles. The number of thiophene rings is 1. The third-order valence-electron chi connectivity index (χ3n) is 12.4. The van der Waals surface area contributed by atoms with Gasteiger partial charge in [0, 0.05) is 37.5 Å². The molecule has 1 atom stereocenters. The Hall–Kier alpha value is -6.59. The first kappa shape index (κ1) is 32.6. The Morgan fingerprint density at radius 3 is 2.02 bits per heavy atom. The standard InChI is InChI=1S/C53H37N3S/c1-2-16-36(17-3-1)53(45-24-8-4-18-39(45)40-19-5-9-25-46(40)53)37-28-29-42-41-20-6-10-26-48(41)56(49(42)31-37)33-55-51(47-32-54-47)35-15-12-14-34(30-35)38-22-13-23-44-43-21-7-11-27-50(43)57-52(38)44/h1-31,47,54H,32-33H2/b55-51-. The lowest BCUT2D eigenvalue weighted by Gasteiger charge is -2.34. The van der Waals surface area contributed by atoms with Crippen molar-refractivity contribution < 1.29 is 0 Å². The Morgan fingerprint density at radius 2 is 1.21 bits per heavy atom. The van der Waals surface area contributed by atoms with E-state index in [1.165, 1.54) is 92.0 Å². The van der Waals surface area contributed by atoms with Crippen LogP contribution in [0, 0.1) is 0 Å². The molecule has 8 aromatic carbocycles. The summed E-state index contributed by atoms with van der Waals surface area (Å²) < 4.78 is 5.09. The zero-order valence-electron chi connectivity index (χ0n) is 31.2. The number of fused-ring (bicyclic) bond motifs is 9. The van der Waals surface area contributed by atoms with E-state index >= 15 is 0 Å². The molecule has 270 valence electrons. The molecular weight excluding hydrogens is 711 g/mol. The summed E-state index contributed by atoms with van der Waals surface area (Å²) in [6.45, 7) is 1.45. The fraction of sp³-hybridized carbons (Fsp3) is 0.0755. The topological polar surface area (TPSA) is 39.2 Å². The molecule has 1 unspecified atom stereocenters. The van der Waals surface area contributed by atoms with E-state index in [9.17, 15) is 0 Å². The molecule has 0 spiro atoms. The van der Waals surface area contributed by atoms with Crippen LogP contribution in [-0.2, 0) is 12.1 Å². The Balaban J connectivity index is 1.02. The van der Waals surface area contributed by atoms with E-state index in [4.69, 9.17) is 4.99 Å². The van der Waals surface area contributed by atoms with Crippen molar-refractivity contribution >= 4 is 59.0 Å². The average Bonchev–Trinajstić information content (AvgIpc) is 3.88. The second-order valence-corrected chi connectivity index (χ2v) is 16.4. The molecule has 10 aromatic rings. The highest BCUT2D eigenvalue weighted by Crippen LogP contribution is 2.56. The SMILES string of the molecule is c1ccc(C2(c3ccc4c5ccccc5n(C/N=C(/c5cccc(-c6cccc7c6sc6ccccc67)c5)C5CN5)c4c3)c3ccccc3-c3ccccc32)cc1. The molecule has 0 radical (unpaired) electrons. The summed E-state index contributed by atoms with van der Waals surface area (Å²) in [6.07, 6.45) is 0. The van der Waals surface area contributed by atoms with Gasteiger partial charge < -0.3 is 9.88 Å². The summed E-state index contributed by atoms with van der Waals surface area (Å²) in [5.41, 5.74) is 14.5. The van der Waals surface area contributed by atoms with E-state index in [2.05, 4.69) is 198 Å². The van der Waals surface area contributed by atoms with E-state index in [0.717, 1.165) is 12.3 Å². The number of aliphatic imine (C=N–C) groups is 1. The summed E-state index contributed by atoms with van der Waals surface area (Å²) in [5.74, 6) is 0. The summed E-state index contributed by atoms with van der Waals surface area (Å²) >= 11 is 1.88. The number of hydrogen-bond acceptors (Lipinski definition) is 3. The highest BCUT2D eigenvalue weighted by atomic mass is 32.1. The number of para-hydroxylation sites is 1. The van der Waals surface area contributed by atoms with Crippen molar-refractivity contribution in [2.75, 3.05) is 6.54 Å². The highest BCUT2D eigenvalue weighted by molar-refractivity contribution is 7.26. The van der Waals surface area contributed by atoms with E-state index in [1.54, 1.807) is 0 Å². The highest BCUT2D eigenvalue weighted by Gasteiger charge is 2.46. The van der Waals surface area contributed by atoms with Crippen LogP contribution in [0.25, 0.3) is 64.2 Å². The smallest absolute Gasteiger partial charge is 0.115 e. The van der Waals surface area contributed by atoms with Crippen LogP contribution in [0.2, 0.25) is 0 Å². The Labute approximate surface area is 335 Å². The van der Waals surface area contributed by atoms with E-state index in [-0.39, 0.29) is 6.04 Å². The van der Waals surface area contributed by atoms with Crippen molar-refractivity contribution in [3.63, 3.8) is 0 Å². The van der Waals surface area contributed by atoms with Crippen LogP contribution >= 0.6 is 11.3 Å². The lowest BCUT2D eigenvalue weighted by molar-refractivity contribution is 0.762. The van der Waals surface area contributed by atoms with Crippen molar-refractivity contribution in [2.45, 2.75) is 18.1 Å². The molecule has 3 nitrogen and oxygen atoms in total. The predicted octanol–water partition coefficient (Wildman–Crippen LogP) is 12.6. The lowest BCUT2D eigenvalue weighted by Crippen LogP contribution is -2.28. The predicted molar refractivity (Wildman–Crippen MR) is 240 cm³/mol. The molecule has 0 saturated carbocycles. The van der Waals surface area contributed by atoms with E-state index in [0.29, 0.717) is 6.67 Å². The molecule has 2 aromatic heterocycles. The zero-order chi connectivity index (χ0) is 37.5. The molecule has 57 heavy (non-hydrogen) atoms. The van der Waals surface area contributed by atoms with Crippen molar-refractivity contribution in [3.05, 3.63) is 216 Å². The summed E-state index contributed by atoms with van der Waals surface area (Å²) in [4.78, 5) is 5.52. The Bertz CT molecular complexity index is 3190. The summed E-state index contributed by atoms with van der Waals surface area (Å²) in [6, 6.07) is 69.7. The summed E-state index contributed by atoms with van der Waals surface area (Å²) in [5, 5.41) is 8.74. The maximum atomic E-state index is 5.52. The minimum Gasteiger partial charge on any atom is -0.320 e. The maximum Gasteiger partial charge on any atom is 0.115 e. The molecule has 1 saturated heterocycles. The Morgan fingerprint density at radius 1 is 0.561 bits per heavy atom. The van der Waals surface area contributed by atoms with Gasteiger partial charge in [0.25, 0.3) is 0 Å². The number of nitrogens with zero attached hydrogens (tertiary/aromatic N) is 2. The van der Waals surface area contributed by atoms with E-state index < -0.39 is 5.41 Å². The fourth-order valence-corrected chi connectivity index (χ4v) is 11.0. The fourth-order valence-electron chi connectivity index (χ4n) is 9.77. The lowest BCUT2D eigenvalue weighted by atomic mass is 9.67. The van der Waals surface area contributed by atoms with Crippen molar-refractivity contribution in [1.29, 1.82) is 0 Å². The number of nitrogens with one attached hydrogen (secondary N) is 1. The first-order valence-corrected chi connectivity index (χ1v) is 20.6. The molecule has 1 fully saturated rings. The van der Waals surface area contributed by atoms with Gasteiger partial charge in [-0.05, 0) is 74.3 Å². The molecular formula is C53H37N3S. The van der Waals surface area contributed by atoms with Gasteiger partial charge >= 0.3 is 0 Å². The molecule has 2 aliphatic rings. The first-order valence-electron chi connectivity index (χ1n) is 19.8. The van der Waals surface area contributed by atoms with Gasteiger partial charge in [-0.2, -0.15) is 0 Å². The van der Waals surface area contributed by atoms with Gasteiger partial charge in [-0.1, -0.05) is 164 Å². The molecule has 0 bridgehead atoms. The molecule has 4 heteroatoms. The average molecular weight is 748 g/mol. The van der Waals surface area contributed by atoms with Crippen LogP contribution in [0.5, 0.6) is 0 Å². The van der Waals surface area contributed by atoms with Gasteiger partial charge in [-0.25, -0.2) is 0 Å². The molecule has 1 aliphatic heterocycles. The van der Waals surface area contributed by atoms with Gasteiger partial charge in [-0.15, -0.1) is 11.3 Å². The van der Waals surface area contributed by atoms with Gasteiger partial charge in [-0.3, -0.25) is 4.99 Å². The van der Waals surface area contributed by atoms with Crippen LogP contribution in [-0.4, -0.2) is 22.9 Å². The van der Waals surface area contributed by atoms with Gasteiger partial charge in [0.2, 0.25) is 0 Å². The largest absolute Gasteiger partial charge is 0.320 e. The third-order valence-corrected chi connectivity index (χ3v) is 13.6. The quantitative estimate of drug-likeness (QED) is 0.128. The molecule has 3 heterocycles. The minimum atomic E-state index is -0.464. The number of hydrogen-bond donors (Lipinski definition) is 1. The number of aromatic nitrogens is 1.